The maximum atomic E-state index is 13.0. The van der Waals surface area contributed by atoms with Crippen LogP contribution in [0.4, 0.5) is 5.69 Å². The predicted molar refractivity (Wildman–Crippen MR) is 103 cm³/mol. The zero-order chi connectivity index (χ0) is 18.5. The van der Waals surface area contributed by atoms with E-state index in [9.17, 15) is 4.79 Å². The van der Waals surface area contributed by atoms with Gasteiger partial charge in [-0.15, -0.1) is 0 Å². The molecule has 0 saturated heterocycles. The molecule has 0 unspecified atom stereocenters. The van der Waals surface area contributed by atoms with E-state index in [0.717, 1.165) is 29.8 Å². The van der Waals surface area contributed by atoms with Gasteiger partial charge >= 0.3 is 0 Å². The fraction of sp³-hybridized carbons (Fsp3) is 0.381. The smallest absolute Gasteiger partial charge is 0.257 e. The second kappa shape index (κ2) is 8.13. The third-order valence-corrected chi connectivity index (χ3v) is 4.45. The summed E-state index contributed by atoms with van der Waals surface area (Å²) in [6, 6.07) is 13.5. The molecule has 0 spiro atoms. The first-order valence-electron chi connectivity index (χ1n) is 9.16. The number of benzene rings is 2. The summed E-state index contributed by atoms with van der Waals surface area (Å²) in [7, 11) is 1.64. The normalized spacial score (nSPS) is 16.0. The summed E-state index contributed by atoms with van der Waals surface area (Å²) in [6.45, 7) is 5.47. The molecule has 1 N–H and O–H groups in total. The van der Waals surface area contributed by atoms with Crippen LogP contribution in [0.2, 0.25) is 0 Å². The van der Waals surface area contributed by atoms with Crippen LogP contribution in [0.25, 0.3) is 0 Å². The van der Waals surface area contributed by atoms with Gasteiger partial charge in [-0.1, -0.05) is 32.0 Å². The molecule has 0 saturated carbocycles. The lowest BCUT2D eigenvalue weighted by Crippen LogP contribution is -2.43. The fourth-order valence-corrected chi connectivity index (χ4v) is 3.21. The Balaban J connectivity index is 1.97. The number of nitrogens with one attached hydrogen (secondary N) is 1. The molecule has 1 aliphatic rings. The van der Waals surface area contributed by atoms with E-state index in [4.69, 9.17) is 9.47 Å². The van der Waals surface area contributed by atoms with Gasteiger partial charge in [-0.05, 0) is 42.7 Å². The highest BCUT2D eigenvalue weighted by atomic mass is 16.5. The molecule has 0 bridgehead atoms. The zero-order valence-corrected chi connectivity index (χ0v) is 15.6. The van der Waals surface area contributed by atoms with Crippen molar-refractivity contribution >= 4 is 11.6 Å². The molecule has 0 aliphatic carbocycles. The van der Waals surface area contributed by atoms with Crippen molar-refractivity contribution < 1.29 is 14.3 Å². The van der Waals surface area contributed by atoms with Crippen LogP contribution in [0.1, 0.15) is 48.8 Å². The molecule has 5 nitrogen and oxygen atoms in total. The average molecular weight is 354 g/mol. The van der Waals surface area contributed by atoms with E-state index in [-0.39, 0.29) is 12.1 Å². The number of carbonyl (C=O) groups is 1. The number of ether oxygens (including phenoxy) is 2. The number of para-hydroxylation sites is 1. The molecule has 1 heterocycles. The van der Waals surface area contributed by atoms with E-state index in [2.05, 4.69) is 19.2 Å². The maximum Gasteiger partial charge on any atom is 0.257 e. The minimum absolute atomic E-state index is 0.0523. The van der Waals surface area contributed by atoms with Crippen LogP contribution < -0.4 is 14.8 Å². The third-order valence-electron chi connectivity index (χ3n) is 4.45. The summed E-state index contributed by atoms with van der Waals surface area (Å²) in [6.07, 6.45) is 1.59. The molecule has 2 aromatic carbocycles. The summed E-state index contributed by atoms with van der Waals surface area (Å²) in [5.74, 6) is 1.46. The molecule has 1 atom stereocenters. The van der Waals surface area contributed by atoms with Crippen LogP contribution >= 0.6 is 0 Å². The Labute approximate surface area is 154 Å². The van der Waals surface area contributed by atoms with Crippen molar-refractivity contribution in [2.24, 2.45) is 0 Å². The van der Waals surface area contributed by atoms with Crippen LogP contribution in [-0.4, -0.2) is 31.1 Å². The number of fused-ring (bicyclic) bond motifs is 1. The standard InChI is InChI=1S/C21H26N2O3/c1-4-12-23-20(22-17-9-7-6-8-16(17)21(23)24)15-10-11-18(26-13-5-2)19(14-15)25-3/h6-11,14,20,22H,4-5,12-13H2,1-3H3/t20-/m0/s1. The third kappa shape index (κ3) is 3.47. The molecular weight excluding hydrogens is 328 g/mol. The van der Waals surface area contributed by atoms with E-state index in [1.165, 1.54) is 0 Å². The van der Waals surface area contributed by atoms with Crippen molar-refractivity contribution in [3.8, 4) is 11.5 Å². The molecule has 2 aromatic rings. The molecule has 1 aliphatic heterocycles. The van der Waals surface area contributed by atoms with Crippen molar-refractivity contribution in [3.05, 3.63) is 53.6 Å². The first-order chi connectivity index (χ1) is 12.7. The van der Waals surface area contributed by atoms with Gasteiger partial charge < -0.3 is 19.7 Å². The van der Waals surface area contributed by atoms with E-state index in [0.29, 0.717) is 24.5 Å². The average Bonchev–Trinajstić information content (AvgIpc) is 2.68. The van der Waals surface area contributed by atoms with Gasteiger partial charge in [0.05, 0.1) is 19.3 Å². The van der Waals surface area contributed by atoms with Crippen LogP contribution in [0.5, 0.6) is 11.5 Å². The zero-order valence-electron chi connectivity index (χ0n) is 15.6. The van der Waals surface area contributed by atoms with Crippen molar-refractivity contribution in [1.82, 2.24) is 4.90 Å². The van der Waals surface area contributed by atoms with Gasteiger partial charge in [0, 0.05) is 12.2 Å². The Bertz CT molecular complexity index is 776. The molecule has 26 heavy (non-hydrogen) atoms. The number of methoxy groups -OCH3 is 1. The van der Waals surface area contributed by atoms with E-state index in [1.807, 2.05) is 47.4 Å². The van der Waals surface area contributed by atoms with Gasteiger partial charge in [-0.3, -0.25) is 4.79 Å². The van der Waals surface area contributed by atoms with Gasteiger partial charge in [-0.2, -0.15) is 0 Å². The highest BCUT2D eigenvalue weighted by molar-refractivity contribution is 6.01. The first-order valence-corrected chi connectivity index (χ1v) is 9.16. The molecule has 1 amide bonds. The number of carbonyl (C=O) groups excluding carboxylic acids is 1. The Morgan fingerprint density at radius 3 is 2.62 bits per heavy atom. The second-order valence-electron chi connectivity index (χ2n) is 6.35. The molecule has 0 radical (unpaired) electrons. The quantitative estimate of drug-likeness (QED) is 0.797. The van der Waals surface area contributed by atoms with Gasteiger partial charge in [0.2, 0.25) is 0 Å². The van der Waals surface area contributed by atoms with E-state index in [1.54, 1.807) is 7.11 Å². The Morgan fingerprint density at radius 2 is 1.88 bits per heavy atom. The van der Waals surface area contributed by atoms with E-state index >= 15 is 0 Å². The highest BCUT2D eigenvalue weighted by Crippen LogP contribution is 2.36. The number of hydrogen-bond acceptors (Lipinski definition) is 4. The second-order valence-corrected chi connectivity index (χ2v) is 6.35. The molecule has 5 heteroatoms. The first kappa shape index (κ1) is 18.1. The molecular formula is C21H26N2O3. The predicted octanol–water partition coefficient (Wildman–Crippen LogP) is 4.46. The molecule has 138 valence electrons. The SMILES string of the molecule is CCCOc1ccc([C@H]2Nc3ccccc3C(=O)N2CCC)cc1OC. The number of rotatable bonds is 7. The minimum Gasteiger partial charge on any atom is -0.493 e. The Hall–Kier alpha value is -2.69. The summed E-state index contributed by atoms with van der Waals surface area (Å²) in [4.78, 5) is 14.9. The van der Waals surface area contributed by atoms with Crippen LogP contribution in [0, 0.1) is 0 Å². The molecule has 0 fully saturated rings. The molecule has 0 aromatic heterocycles. The van der Waals surface area contributed by atoms with Crippen LogP contribution in [0.3, 0.4) is 0 Å². The van der Waals surface area contributed by atoms with Crippen molar-refractivity contribution in [2.75, 3.05) is 25.6 Å². The van der Waals surface area contributed by atoms with Gasteiger partial charge in [0.25, 0.3) is 5.91 Å². The number of hydrogen-bond donors (Lipinski definition) is 1. The van der Waals surface area contributed by atoms with Crippen molar-refractivity contribution in [2.45, 2.75) is 32.9 Å². The van der Waals surface area contributed by atoms with Crippen LogP contribution in [0.15, 0.2) is 42.5 Å². The lowest BCUT2D eigenvalue weighted by molar-refractivity contribution is 0.0683. The maximum absolute atomic E-state index is 13.0. The monoisotopic (exact) mass is 354 g/mol. The van der Waals surface area contributed by atoms with Gasteiger partial charge in [0.15, 0.2) is 11.5 Å². The lowest BCUT2D eigenvalue weighted by Gasteiger charge is -2.38. The Kier molecular flexibility index (Phi) is 5.66. The van der Waals surface area contributed by atoms with Crippen LogP contribution in [-0.2, 0) is 0 Å². The fourth-order valence-electron chi connectivity index (χ4n) is 3.21. The number of amides is 1. The van der Waals surface area contributed by atoms with Gasteiger partial charge in [-0.25, -0.2) is 0 Å². The summed E-state index contributed by atoms with van der Waals surface area (Å²) >= 11 is 0. The van der Waals surface area contributed by atoms with Gasteiger partial charge in [0.1, 0.15) is 6.17 Å². The number of anilines is 1. The minimum atomic E-state index is -0.230. The summed E-state index contributed by atoms with van der Waals surface area (Å²) in [5.41, 5.74) is 2.55. The topological polar surface area (TPSA) is 50.8 Å². The highest BCUT2D eigenvalue weighted by Gasteiger charge is 2.32. The largest absolute Gasteiger partial charge is 0.493 e. The van der Waals surface area contributed by atoms with E-state index < -0.39 is 0 Å². The molecule has 3 rings (SSSR count). The lowest BCUT2D eigenvalue weighted by atomic mass is 10.0. The summed E-state index contributed by atoms with van der Waals surface area (Å²) in [5, 5.41) is 3.50. The van der Waals surface area contributed by atoms with Crippen molar-refractivity contribution in [3.63, 3.8) is 0 Å². The van der Waals surface area contributed by atoms with Crippen molar-refractivity contribution in [1.29, 1.82) is 0 Å². The number of nitrogens with zero attached hydrogens (tertiary/aromatic N) is 1. The Morgan fingerprint density at radius 1 is 1.08 bits per heavy atom. The summed E-state index contributed by atoms with van der Waals surface area (Å²) < 4.78 is 11.3.